The van der Waals surface area contributed by atoms with Crippen LogP contribution in [-0.2, 0) is 4.74 Å². The van der Waals surface area contributed by atoms with E-state index >= 15 is 0 Å². The third kappa shape index (κ3) is 2.93. The van der Waals surface area contributed by atoms with E-state index in [1.165, 1.54) is 0 Å². The van der Waals surface area contributed by atoms with Gasteiger partial charge in [-0.1, -0.05) is 0 Å². The quantitative estimate of drug-likeness (QED) is 0.505. The number of nitrogens with zero attached hydrogens (tertiary/aromatic N) is 2. The molecule has 1 fully saturated rings. The summed E-state index contributed by atoms with van der Waals surface area (Å²) in [5.41, 5.74) is 2.64. The van der Waals surface area contributed by atoms with Gasteiger partial charge in [0, 0.05) is 12.6 Å². The Balaban J connectivity index is 1.81. The van der Waals surface area contributed by atoms with Crippen molar-refractivity contribution in [3.05, 3.63) is 17.8 Å². The number of rotatable bonds is 5. The van der Waals surface area contributed by atoms with E-state index in [0.29, 0.717) is 12.4 Å². The predicted octanol–water partition coefficient (Wildman–Crippen LogP) is 0.0595. The smallest absolute Gasteiger partial charge is 0.272 e. The number of hydrogen-bond donors (Lipinski definition) is 3. The lowest BCUT2D eigenvalue weighted by Crippen LogP contribution is -2.48. The maximum atomic E-state index is 11.8. The molecule has 0 unspecified atom stereocenters. The Morgan fingerprint density at radius 1 is 1.50 bits per heavy atom. The van der Waals surface area contributed by atoms with E-state index in [4.69, 9.17) is 10.6 Å². The Bertz CT molecular complexity index is 402. The minimum Gasteiger partial charge on any atom is -0.378 e. The van der Waals surface area contributed by atoms with Crippen molar-refractivity contribution in [2.24, 2.45) is 5.84 Å². The highest BCUT2D eigenvalue weighted by Gasteiger charge is 2.31. The van der Waals surface area contributed by atoms with E-state index in [1.54, 1.807) is 12.1 Å². The van der Waals surface area contributed by atoms with Crippen LogP contribution in [0.2, 0.25) is 0 Å². The van der Waals surface area contributed by atoms with E-state index in [1.807, 2.05) is 6.92 Å². The lowest BCUT2D eigenvalue weighted by molar-refractivity contribution is -0.00867. The van der Waals surface area contributed by atoms with Gasteiger partial charge in [0.2, 0.25) is 0 Å². The van der Waals surface area contributed by atoms with Crippen LogP contribution in [0.5, 0.6) is 0 Å². The molecule has 98 valence electrons. The molecule has 0 radical (unpaired) electrons. The number of nitrogen functional groups attached to an aromatic ring is 1. The molecule has 7 heteroatoms. The van der Waals surface area contributed by atoms with Gasteiger partial charge in [-0.2, -0.15) is 0 Å². The molecule has 0 aliphatic heterocycles. The summed E-state index contributed by atoms with van der Waals surface area (Å²) in [6.45, 7) is 2.68. The molecule has 0 spiro atoms. The summed E-state index contributed by atoms with van der Waals surface area (Å²) in [5, 5.41) is 10.4. The van der Waals surface area contributed by atoms with E-state index in [9.17, 15) is 4.79 Å². The number of nitrogens with two attached hydrogens (primary N) is 1. The Morgan fingerprint density at radius 2 is 2.28 bits per heavy atom. The molecule has 0 atom stereocenters. The first kappa shape index (κ1) is 12.7. The van der Waals surface area contributed by atoms with Gasteiger partial charge in [-0.05, 0) is 31.9 Å². The van der Waals surface area contributed by atoms with Crippen molar-refractivity contribution < 1.29 is 9.53 Å². The van der Waals surface area contributed by atoms with E-state index in [0.717, 1.165) is 12.8 Å². The summed E-state index contributed by atoms with van der Waals surface area (Å²) < 4.78 is 5.42. The number of nitrogens with one attached hydrogen (secondary N) is 2. The Hall–Kier alpha value is -1.73. The zero-order chi connectivity index (χ0) is 13.0. The molecule has 1 amide bonds. The summed E-state index contributed by atoms with van der Waals surface area (Å²) >= 11 is 0. The number of aromatic nitrogens is 2. The van der Waals surface area contributed by atoms with Gasteiger partial charge in [-0.15, -0.1) is 10.2 Å². The van der Waals surface area contributed by atoms with Gasteiger partial charge < -0.3 is 15.5 Å². The number of amides is 1. The van der Waals surface area contributed by atoms with Crippen LogP contribution in [0.1, 0.15) is 30.3 Å². The fraction of sp³-hybridized carbons (Fsp3) is 0.545. The SMILES string of the molecule is CCOC1CC(NC(=O)c2ccc(NN)nn2)C1. The van der Waals surface area contributed by atoms with Gasteiger partial charge in [0.05, 0.1) is 6.10 Å². The Kier molecular flexibility index (Phi) is 4.06. The Labute approximate surface area is 105 Å². The molecule has 0 saturated heterocycles. The summed E-state index contributed by atoms with van der Waals surface area (Å²) in [6, 6.07) is 3.35. The minimum atomic E-state index is -0.217. The Morgan fingerprint density at radius 3 is 2.83 bits per heavy atom. The van der Waals surface area contributed by atoms with E-state index in [2.05, 4.69) is 20.9 Å². The van der Waals surface area contributed by atoms with E-state index < -0.39 is 0 Å². The van der Waals surface area contributed by atoms with Gasteiger partial charge in [0.25, 0.3) is 5.91 Å². The normalized spacial score (nSPS) is 22.1. The first-order chi connectivity index (χ1) is 8.72. The molecular formula is C11H17N5O2. The third-order valence-electron chi connectivity index (χ3n) is 2.88. The highest BCUT2D eigenvalue weighted by atomic mass is 16.5. The molecule has 18 heavy (non-hydrogen) atoms. The zero-order valence-electron chi connectivity index (χ0n) is 10.2. The summed E-state index contributed by atoms with van der Waals surface area (Å²) in [6.07, 6.45) is 1.99. The summed E-state index contributed by atoms with van der Waals surface area (Å²) in [7, 11) is 0. The molecule has 4 N–H and O–H groups in total. The van der Waals surface area contributed by atoms with Crippen LogP contribution in [0.25, 0.3) is 0 Å². The molecule has 7 nitrogen and oxygen atoms in total. The lowest BCUT2D eigenvalue weighted by Gasteiger charge is -2.35. The van der Waals surface area contributed by atoms with Crippen LogP contribution in [0.15, 0.2) is 12.1 Å². The standard InChI is InChI=1S/C11H17N5O2/c1-2-18-8-5-7(6-8)13-11(17)9-3-4-10(14-12)16-15-9/h3-4,7-8H,2,5-6,12H2,1H3,(H,13,17)(H,14,16). The van der Waals surface area contributed by atoms with Crippen molar-refractivity contribution in [2.75, 3.05) is 12.0 Å². The second-order valence-corrected chi connectivity index (χ2v) is 4.17. The molecular weight excluding hydrogens is 234 g/mol. The number of ether oxygens (including phenoxy) is 1. The molecule has 1 aliphatic rings. The van der Waals surface area contributed by atoms with Crippen LogP contribution in [-0.4, -0.2) is 34.9 Å². The van der Waals surface area contributed by atoms with Crippen molar-refractivity contribution in [2.45, 2.75) is 31.9 Å². The van der Waals surface area contributed by atoms with Crippen LogP contribution < -0.4 is 16.6 Å². The second kappa shape index (κ2) is 5.74. The first-order valence-electron chi connectivity index (χ1n) is 5.95. The number of carbonyl (C=O) groups excluding carboxylic acids is 1. The third-order valence-corrected chi connectivity index (χ3v) is 2.88. The molecule has 2 rings (SSSR count). The predicted molar refractivity (Wildman–Crippen MR) is 65.7 cm³/mol. The van der Waals surface area contributed by atoms with Crippen molar-refractivity contribution in [1.82, 2.24) is 15.5 Å². The summed E-state index contributed by atoms with van der Waals surface area (Å²) in [5.74, 6) is 5.37. The van der Waals surface area contributed by atoms with Crippen LogP contribution in [0.4, 0.5) is 5.82 Å². The number of carbonyl (C=O) groups is 1. The highest BCUT2D eigenvalue weighted by Crippen LogP contribution is 2.23. The van der Waals surface area contributed by atoms with Crippen LogP contribution >= 0.6 is 0 Å². The molecule has 0 aromatic carbocycles. The lowest BCUT2D eigenvalue weighted by atomic mass is 9.89. The number of hydrogen-bond acceptors (Lipinski definition) is 6. The first-order valence-corrected chi connectivity index (χ1v) is 5.95. The van der Waals surface area contributed by atoms with Crippen LogP contribution in [0, 0.1) is 0 Å². The maximum Gasteiger partial charge on any atom is 0.272 e. The molecule has 1 aromatic rings. The largest absolute Gasteiger partial charge is 0.378 e. The highest BCUT2D eigenvalue weighted by molar-refractivity contribution is 5.92. The van der Waals surface area contributed by atoms with Gasteiger partial charge >= 0.3 is 0 Å². The monoisotopic (exact) mass is 251 g/mol. The summed E-state index contributed by atoms with van der Waals surface area (Å²) in [4.78, 5) is 11.8. The van der Waals surface area contributed by atoms with Gasteiger partial charge in [0.1, 0.15) is 0 Å². The van der Waals surface area contributed by atoms with Gasteiger partial charge in [-0.3, -0.25) is 4.79 Å². The van der Waals surface area contributed by atoms with Crippen molar-refractivity contribution >= 4 is 11.7 Å². The second-order valence-electron chi connectivity index (χ2n) is 4.17. The van der Waals surface area contributed by atoms with E-state index in [-0.39, 0.29) is 23.7 Å². The molecule has 1 heterocycles. The zero-order valence-corrected chi connectivity index (χ0v) is 10.2. The average molecular weight is 251 g/mol. The van der Waals surface area contributed by atoms with Crippen molar-refractivity contribution in [3.63, 3.8) is 0 Å². The van der Waals surface area contributed by atoms with Gasteiger partial charge in [-0.25, -0.2) is 5.84 Å². The fourth-order valence-corrected chi connectivity index (χ4v) is 1.84. The maximum absolute atomic E-state index is 11.8. The van der Waals surface area contributed by atoms with Crippen LogP contribution in [0.3, 0.4) is 0 Å². The number of hydrazine groups is 1. The number of anilines is 1. The van der Waals surface area contributed by atoms with Gasteiger partial charge in [0.15, 0.2) is 11.5 Å². The molecule has 1 saturated carbocycles. The topological polar surface area (TPSA) is 102 Å². The van der Waals surface area contributed by atoms with Crippen molar-refractivity contribution in [3.8, 4) is 0 Å². The molecule has 0 bridgehead atoms. The molecule has 1 aliphatic carbocycles. The minimum absolute atomic E-state index is 0.170. The fourth-order valence-electron chi connectivity index (χ4n) is 1.84. The average Bonchev–Trinajstić information content (AvgIpc) is 2.36. The van der Waals surface area contributed by atoms with Crippen molar-refractivity contribution in [1.29, 1.82) is 0 Å². The molecule has 1 aromatic heterocycles.